The lowest BCUT2D eigenvalue weighted by molar-refractivity contribution is -0.133. The van der Waals surface area contributed by atoms with Gasteiger partial charge in [0.1, 0.15) is 6.54 Å². The average Bonchev–Trinajstić information content (AvgIpc) is 3.03. The van der Waals surface area contributed by atoms with Crippen molar-refractivity contribution in [3.8, 4) is 0 Å². The molecule has 2 atom stereocenters. The van der Waals surface area contributed by atoms with Crippen molar-refractivity contribution in [1.29, 1.82) is 0 Å². The Hall–Kier alpha value is -2.12. The summed E-state index contributed by atoms with van der Waals surface area (Å²) in [5.74, 6) is 1.01. The van der Waals surface area contributed by atoms with Crippen LogP contribution in [-0.2, 0) is 14.4 Å². The molecule has 0 aliphatic carbocycles. The summed E-state index contributed by atoms with van der Waals surface area (Å²) in [4.78, 5) is 40.6. The monoisotopic (exact) mass is 406 g/mol. The van der Waals surface area contributed by atoms with Crippen LogP contribution in [-0.4, -0.2) is 55.3 Å². The van der Waals surface area contributed by atoms with E-state index in [0.717, 1.165) is 39.0 Å². The van der Waals surface area contributed by atoms with Gasteiger partial charge in [-0.3, -0.25) is 14.4 Å². The van der Waals surface area contributed by atoms with Crippen molar-refractivity contribution < 1.29 is 14.4 Å². The lowest BCUT2D eigenvalue weighted by Crippen LogP contribution is -2.42. The quantitative estimate of drug-likeness (QED) is 0.799. The highest BCUT2D eigenvalue weighted by molar-refractivity contribution is 6.10. The topological polar surface area (TPSA) is 81.8 Å². The molecule has 0 unspecified atom stereocenters. The van der Waals surface area contributed by atoms with Gasteiger partial charge in [-0.1, -0.05) is 12.1 Å². The van der Waals surface area contributed by atoms with Crippen LogP contribution in [0.4, 0.5) is 11.4 Å². The maximum absolute atomic E-state index is 12.7. The van der Waals surface area contributed by atoms with Crippen molar-refractivity contribution in [2.75, 3.05) is 42.9 Å². The molecule has 2 N–H and O–H groups in total. The number of amides is 3. The zero-order valence-corrected chi connectivity index (χ0v) is 16.7. The third-order valence-corrected chi connectivity index (χ3v) is 6.00. The van der Waals surface area contributed by atoms with Crippen LogP contribution in [0.25, 0.3) is 0 Å². The van der Waals surface area contributed by atoms with Gasteiger partial charge in [-0.2, -0.15) is 0 Å². The van der Waals surface area contributed by atoms with E-state index in [2.05, 4.69) is 10.6 Å². The number of para-hydroxylation sites is 2. The van der Waals surface area contributed by atoms with Crippen LogP contribution in [0.1, 0.15) is 25.7 Å². The van der Waals surface area contributed by atoms with E-state index in [1.165, 1.54) is 4.90 Å². The second kappa shape index (κ2) is 8.92. The first kappa shape index (κ1) is 20.6. The van der Waals surface area contributed by atoms with Crippen molar-refractivity contribution in [1.82, 2.24) is 10.2 Å². The average molecular weight is 407 g/mol. The maximum Gasteiger partial charge on any atom is 0.244 e. The molecule has 2 fully saturated rings. The van der Waals surface area contributed by atoms with E-state index >= 15 is 0 Å². The van der Waals surface area contributed by atoms with Crippen LogP contribution in [0.2, 0.25) is 0 Å². The summed E-state index contributed by atoms with van der Waals surface area (Å²) < 4.78 is 0. The van der Waals surface area contributed by atoms with Crippen molar-refractivity contribution >= 4 is 41.5 Å². The van der Waals surface area contributed by atoms with Gasteiger partial charge in [0.15, 0.2) is 0 Å². The van der Waals surface area contributed by atoms with Crippen LogP contribution in [0, 0.1) is 11.8 Å². The molecule has 0 saturated carbocycles. The molecule has 3 heterocycles. The van der Waals surface area contributed by atoms with E-state index < -0.39 is 0 Å². The summed E-state index contributed by atoms with van der Waals surface area (Å²) in [5.41, 5.74) is 1.34. The molecule has 0 aromatic heterocycles. The van der Waals surface area contributed by atoms with E-state index in [0.29, 0.717) is 23.2 Å². The Balaban J connectivity index is 0.00000225. The molecule has 1 aromatic carbocycles. The number of carbonyl (C=O) groups excluding carboxylic acids is 3. The molecule has 28 heavy (non-hydrogen) atoms. The SMILES string of the molecule is Cl.O=C1CN(C(=O)CCC(=O)N2CC[C@@H]3CNC[C@@H]3CC2)c2ccccc2N1. The molecule has 0 spiro atoms. The largest absolute Gasteiger partial charge is 0.343 e. The first-order chi connectivity index (χ1) is 13.1. The first-order valence-corrected chi connectivity index (χ1v) is 9.79. The van der Waals surface area contributed by atoms with Crippen molar-refractivity contribution in [2.24, 2.45) is 11.8 Å². The number of benzene rings is 1. The number of nitrogens with zero attached hydrogens (tertiary/aromatic N) is 2. The van der Waals surface area contributed by atoms with Gasteiger partial charge in [0.05, 0.1) is 11.4 Å². The Morgan fingerprint density at radius 3 is 2.36 bits per heavy atom. The normalized spacial score (nSPS) is 23.8. The Labute approximate surface area is 171 Å². The fourth-order valence-electron chi connectivity index (χ4n) is 4.43. The Bertz CT molecular complexity index is 743. The summed E-state index contributed by atoms with van der Waals surface area (Å²) in [5, 5.41) is 6.21. The van der Waals surface area contributed by atoms with E-state index in [1.807, 2.05) is 23.1 Å². The lowest BCUT2D eigenvalue weighted by Gasteiger charge is -2.29. The van der Waals surface area contributed by atoms with Crippen molar-refractivity contribution in [3.05, 3.63) is 24.3 Å². The van der Waals surface area contributed by atoms with E-state index in [9.17, 15) is 14.4 Å². The minimum Gasteiger partial charge on any atom is -0.343 e. The van der Waals surface area contributed by atoms with E-state index in [1.54, 1.807) is 6.07 Å². The minimum absolute atomic E-state index is 0. The number of nitrogens with one attached hydrogen (secondary N) is 2. The molecule has 8 heteroatoms. The smallest absolute Gasteiger partial charge is 0.244 e. The molecule has 3 aliphatic rings. The number of likely N-dealkylation sites (tertiary alicyclic amines) is 1. The molecule has 3 amide bonds. The van der Waals surface area contributed by atoms with Crippen LogP contribution >= 0.6 is 12.4 Å². The van der Waals surface area contributed by atoms with Crippen molar-refractivity contribution in [3.63, 3.8) is 0 Å². The van der Waals surface area contributed by atoms with Gasteiger partial charge in [0, 0.05) is 25.9 Å². The second-order valence-electron chi connectivity index (χ2n) is 7.68. The highest BCUT2D eigenvalue weighted by atomic mass is 35.5. The highest BCUT2D eigenvalue weighted by Crippen LogP contribution is 2.30. The molecule has 0 radical (unpaired) electrons. The Kier molecular flexibility index (Phi) is 6.57. The first-order valence-electron chi connectivity index (χ1n) is 9.79. The van der Waals surface area contributed by atoms with Crippen LogP contribution < -0.4 is 15.5 Å². The lowest BCUT2D eigenvalue weighted by atomic mass is 9.92. The zero-order valence-electron chi connectivity index (χ0n) is 15.9. The second-order valence-corrected chi connectivity index (χ2v) is 7.68. The van der Waals surface area contributed by atoms with Crippen LogP contribution in [0.5, 0.6) is 0 Å². The molecule has 7 nitrogen and oxygen atoms in total. The van der Waals surface area contributed by atoms with Gasteiger partial charge in [-0.15, -0.1) is 12.4 Å². The molecule has 4 rings (SSSR count). The summed E-state index contributed by atoms with van der Waals surface area (Å²) >= 11 is 0. The van der Waals surface area contributed by atoms with E-state index in [-0.39, 0.29) is 49.5 Å². The Morgan fingerprint density at radius 1 is 1.00 bits per heavy atom. The summed E-state index contributed by atoms with van der Waals surface area (Å²) in [6.45, 7) is 3.68. The van der Waals surface area contributed by atoms with E-state index in [4.69, 9.17) is 0 Å². The number of rotatable bonds is 3. The summed E-state index contributed by atoms with van der Waals surface area (Å²) in [7, 11) is 0. The van der Waals surface area contributed by atoms with Gasteiger partial charge in [0.2, 0.25) is 17.7 Å². The van der Waals surface area contributed by atoms with Gasteiger partial charge in [0.25, 0.3) is 0 Å². The van der Waals surface area contributed by atoms with Gasteiger partial charge in [-0.25, -0.2) is 0 Å². The minimum atomic E-state index is -0.207. The predicted molar refractivity (Wildman–Crippen MR) is 110 cm³/mol. The molecule has 0 bridgehead atoms. The molecular formula is C20H27ClN4O3. The number of hydrogen-bond donors (Lipinski definition) is 2. The highest BCUT2D eigenvalue weighted by Gasteiger charge is 2.32. The molecule has 2 saturated heterocycles. The zero-order chi connectivity index (χ0) is 18.8. The van der Waals surface area contributed by atoms with Gasteiger partial charge in [-0.05, 0) is 49.9 Å². The Morgan fingerprint density at radius 2 is 1.64 bits per heavy atom. The third-order valence-electron chi connectivity index (χ3n) is 6.00. The number of halogens is 1. The standard InChI is InChI=1S/C20H26N4O3.ClH/c25-18-13-24(17-4-2-1-3-16(17)22-18)20(27)6-5-19(26)23-9-7-14-11-21-12-15(14)8-10-23;/h1-4,14-15,21H,5-13H2,(H,22,25);1H/t14-,15+;. The predicted octanol–water partition coefficient (Wildman–Crippen LogP) is 1.63. The van der Waals surface area contributed by atoms with Gasteiger partial charge >= 0.3 is 0 Å². The fraction of sp³-hybridized carbons (Fsp3) is 0.550. The van der Waals surface area contributed by atoms with Crippen LogP contribution in [0.15, 0.2) is 24.3 Å². The molecular weight excluding hydrogens is 380 g/mol. The molecule has 152 valence electrons. The van der Waals surface area contributed by atoms with Crippen LogP contribution in [0.3, 0.4) is 0 Å². The maximum atomic E-state index is 12.7. The fourth-order valence-corrected chi connectivity index (χ4v) is 4.43. The third kappa shape index (κ3) is 4.31. The summed E-state index contributed by atoms with van der Waals surface area (Å²) in [6.07, 6.45) is 2.41. The number of anilines is 2. The number of hydrogen-bond acceptors (Lipinski definition) is 4. The van der Waals surface area contributed by atoms with Crippen molar-refractivity contribution in [2.45, 2.75) is 25.7 Å². The molecule has 3 aliphatic heterocycles. The number of fused-ring (bicyclic) bond motifs is 2. The number of carbonyl (C=O) groups is 3. The summed E-state index contributed by atoms with van der Waals surface area (Å²) in [6, 6.07) is 7.25. The molecule has 1 aromatic rings. The van der Waals surface area contributed by atoms with Gasteiger partial charge < -0.3 is 20.4 Å².